The van der Waals surface area contributed by atoms with E-state index in [2.05, 4.69) is 20.8 Å². The van der Waals surface area contributed by atoms with E-state index in [1.54, 1.807) is 0 Å². The Morgan fingerprint density at radius 1 is 0.889 bits per heavy atom. The van der Waals surface area contributed by atoms with Gasteiger partial charge in [0.2, 0.25) is 0 Å². The van der Waals surface area contributed by atoms with E-state index >= 15 is 0 Å². The summed E-state index contributed by atoms with van der Waals surface area (Å²) in [5.74, 6) is -2.39. The topological polar surface area (TPSA) is 55.4 Å². The molecule has 1 saturated carbocycles. The van der Waals surface area contributed by atoms with Crippen molar-refractivity contribution in [2.75, 3.05) is 13.2 Å². The molecule has 0 N–H and O–H groups in total. The van der Waals surface area contributed by atoms with E-state index in [-0.39, 0.29) is 12.2 Å². The van der Waals surface area contributed by atoms with Crippen molar-refractivity contribution in [3.8, 4) is 0 Å². The van der Waals surface area contributed by atoms with Crippen LogP contribution in [0.5, 0.6) is 0 Å². The van der Waals surface area contributed by atoms with Crippen LogP contribution in [0.3, 0.4) is 0 Å². The number of ether oxygens (including phenoxy) is 4. The predicted molar refractivity (Wildman–Crippen MR) is 105 cm³/mol. The van der Waals surface area contributed by atoms with Crippen LogP contribution in [0.25, 0.3) is 0 Å². The van der Waals surface area contributed by atoms with Crippen LogP contribution in [0.4, 0.5) is 0 Å². The fourth-order valence-electron chi connectivity index (χ4n) is 2.71. The summed E-state index contributed by atoms with van der Waals surface area (Å²) in [7, 11) is 0. The normalized spacial score (nSPS) is 29.3. The monoisotopic (exact) mass is 390 g/mol. The van der Waals surface area contributed by atoms with Crippen molar-refractivity contribution in [1.29, 1.82) is 0 Å². The van der Waals surface area contributed by atoms with E-state index in [9.17, 15) is 0 Å². The minimum Gasteiger partial charge on any atom is -0.366 e. The molecule has 6 heteroatoms. The average Bonchev–Trinajstić information content (AvgIpc) is 3.08. The molecule has 1 rings (SSSR count). The SMILES string of the molecule is CCCCOC1(OC(C)C)C(OCCC)C1(OOC(C)(C)C)OC(C)CC. The summed E-state index contributed by atoms with van der Waals surface area (Å²) >= 11 is 0. The predicted octanol–water partition coefficient (Wildman–Crippen LogP) is 4.99. The Morgan fingerprint density at radius 2 is 1.56 bits per heavy atom. The Hall–Kier alpha value is -0.240. The van der Waals surface area contributed by atoms with Gasteiger partial charge in [-0.1, -0.05) is 27.2 Å². The third kappa shape index (κ3) is 6.38. The van der Waals surface area contributed by atoms with Crippen molar-refractivity contribution in [3.05, 3.63) is 0 Å². The fourth-order valence-corrected chi connectivity index (χ4v) is 2.71. The Kier molecular flexibility index (Phi) is 9.65. The molecule has 0 amide bonds. The van der Waals surface area contributed by atoms with Gasteiger partial charge in [-0.3, -0.25) is 0 Å². The van der Waals surface area contributed by atoms with Gasteiger partial charge in [-0.05, 0) is 60.8 Å². The van der Waals surface area contributed by atoms with Gasteiger partial charge in [-0.2, -0.15) is 4.89 Å². The third-order valence-corrected chi connectivity index (χ3v) is 4.17. The second-order valence-corrected chi connectivity index (χ2v) is 8.57. The van der Waals surface area contributed by atoms with Crippen LogP contribution in [0.2, 0.25) is 0 Å². The third-order valence-electron chi connectivity index (χ3n) is 4.17. The van der Waals surface area contributed by atoms with Gasteiger partial charge in [0, 0.05) is 6.61 Å². The lowest BCUT2D eigenvalue weighted by Gasteiger charge is -2.30. The molecule has 1 aliphatic carbocycles. The van der Waals surface area contributed by atoms with Crippen molar-refractivity contribution in [3.63, 3.8) is 0 Å². The van der Waals surface area contributed by atoms with Crippen LogP contribution in [0.1, 0.15) is 88.0 Å². The Bertz CT molecular complexity index is 421. The molecule has 4 atom stereocenters. The Labute approximate surface area is 166 Å². The van der Waals surface area contributed by atoms with E-state index in [4.69, 9.17) is 28.7 Å². The minimum absolute atomic E-state index is 0.0614. The fraction of sp³-hybridized carbons (Fsp3) is 1.00. The lowest BCUT2D eigenvalue weighted by molar-refractivity contribution is -0.462. The van der Waals surface area contributed by atoms with E-state index in [1.807, 2.05) is 41.5 Å². The first-order chi connectivity index (χ1) is 12.6. The standard InChI is InChI=1S/C21H42O6/c1-10-13-15-23-20(24-16(4)5)18(22-14-11-2)21(20,25-17(6)12-3)27-26-19(7,8)9/h16-18H,10-15H2,1-9H3. The molecule has 0 bridgehead atoms. The second-order valence-electron chi connectivity index (χ2n) is 8.57. The van der Waals surface area contributed by atoms with Crippen LogP contribution >= 0.6 is 0 Å². The van der Waals surface area contributed by atoms with Crippen molar-refractivity contribution in [1.82, 2.24) is 0 Å². The Morgan fingerprint density at radius 3 is 2.04 bits per heavy atom. The van der Waals surface area contributed by atoms with E-state index < -0.39 is 23.3 Å². The zero-order valence-electron chi connectivity index (χ0n) is 18.9. The number of rotatable bonds is 14. The van der Waals surface area contributed by atoms with Crippen LogP contribution in [-0.2, 0) is 28.7 Å². The molecule has 162 valence electrons. The smallest absolute Gasteiger partial charge is 0.291 e. The maximum Gasteiger partial charge on any atom is 0.291 e. The lowest BCUT2D eigenvalue weighted by atomic mass is 10.2. The molecule has 27 heavy (non-hydrogen) atoms. The minimum atomic E-state index is -1.25. The van der Waals surface area contributed by atoms with Gasteiger partial charge in [-0.15, -0.1) is 0 Å². The molecule has 0 aliphatic heterocycles. The van der Waals surface area contributed by atoms with Gasteiger partial charge in [0.1, 0.15) is 0 Å². The summed E-state index contributed by atoms with van der Waals surface area (Å²) in [4.78, 5) is 11.6. The summed E-state index contributed by atoms with van der Waals surface area (Å²) in [5.41, 5.74) is -0.503. The van der Waals surface area contributed by atoms with Gasteiger partial charge < -0.3 is 18.9 Å². The second kappa shape index (κ2) is 10.5. The molecule has 0 aromatic heterocycles. The number of hydrogen-bond acceptors (Lipinski definition) is 6. The van der Waals surface area contributed by atoms with Crippen LogP contribution in [-0.4, -0.2) is 48.7 Å². The van der Waals surface area contributed by atoms with Crippen molar-refractivity contribution >= 4 is 0 Å². The molecule has 0 aromatic carbocycles. The van der Waals surface area contributed by atoms with Crippen molar-refractivity contribution < 1.29 is 28.7 Å². The highest BCUT2D eigenvalue weighted by atomic mass is 17.3. The Balaban J connectivity index is 3.21. The van der Waals surface area contributed by atoms with Gasteiger partial charge in [0.15, 0.2) is 6.10 Å². The molecular weight excluding hydrogens is 348 g/mol. The first-order valence-electron chi connectivity index (χ1n) is 10.6. The lowest BCUT2D eigenvalue weighted by Crippen LogP contribution is -2.41. The van der Waals surface area contributed by atoms with Crippen LogP contribution in [0, 0.1) is 0 Å². The molecule has 0 aromatic rings. The van der Waals surface area contributed by atoms with Gasteiger partial charge in [-0.25, -0.2) is 4.89 Å². The van der Waals surface area contributed by atoms with E-state index in [1.165, 1.54) is 0 Å². The van der Waals surface area contributed by atoms with Crippen molar-refractivity contribution in [2.45, 2.75) is 123 Å². The maximum absolute atomic E-state index is 6.33. The molecule has 0 spiro atoms. The average molecular weight is 391 g/mol. The highest BCUT2D eigenvalue weighted by Gasteiger charge is 2.87. The summed E-state index contributed by atoms with van der Waals surface area (Å²) < 4.78 is 24.9. The van der Waals surface area contributed by atoms with E-state index in [0.29, 0.717) is 13.2 Å². The largest absolute Gasteiger partial charge is 0.366 e. The summed E-state index contributed by atoms with van der Waals surface area (Å²) in [6, 6.07) is 0. The van der Waals surface area contributed by atoms with Gasteiger partial charge in [0.05, 0.1) is 24.4 Å². The molecule has 0 radical (unpaired) electrons. The number of hydrogen-bond donors (Lipinski definition) is 0. The highest BCUT2D eigenvalue weighted by molar-refractivity contribution is 5.20. The molecule has 0 heterocycles. The summed E-state index contributed by atoms with van der Waals surface area (Å²) in [5, 5.41) is 0. The zero-order chi connectivity index (χ0) is 20.7. The quantitative estimate of drug-likeness (QED) is 0.180. The van der Waals surface area contributed by atoms with E-state index in [0.717, 1.165) is 25.7 Å². The summed E-state index contributed by atoms with van der Waals surface area (Å²) in [6.45, 7) is 19.1. The van der Waals surface area contributed by atoms with Gasteiger partial charge >= 0.3 is 0 Å². The maximum atomic E-state index is 6.33. The molecule has 1 fully saturated rings. The highest BCUT2D eigenvalue weighted by Crippen LogP contribution is 2.59. The molecule has 6 nitrogen and oxygen atoms in total. The molecule has 1 aliphatic rings. The van der Waals surface area contributed by atoms with Crippen LogP contribution < -0.4 is 0 Å². The number of unbranched alkanes of at least 4 members (excludes halogenated alkanes) is 1. The molecule has 0 saturated heterocycles. The first-order valence-corrected chi connectivity index (χ1v) is 10.6. The van der Waals surface area contributed by atoms with Crippen molar-refractivity contribution in [2.24, 2.45) is 0 Å². The van der Waals surface area contributed by atoms with Gasteiger partial charge in [0.25, 0.3) is 11.6 Å². The zero-order valence-corrected chi connectivity index (χ0v) is 18.9. The molecular formula is C21H42O6. The first kappa shape index (κ1) is 24.8. The molecule has 4 unspecified atom stereocenters. The van der Waals surface area contributed by atoms with Crippen LogP contribution in [0.15, 0.2) is 0 Å². The summed E-state index contributed by atoms with van der Waals surface area (Å²) in [6.07, 6.45) is 2.99.